The molecule has 1 aliphatic rings. The highest BCUT2D eigenvalue weighted by Gasteiger charge is 2.17. The summed E-state index contributed by atoms with van der Waals surface area (Å²) in [5, 5.41) is 5.26. The topological polar surface area (TPSA) is 62.3 Å². The molecule has 100 valence electrons. The largest absolute Gasteiger partial charge is 0.379 e. The molecule has 18 heavy (non-hydrogen) atoms. The number of morpholine rings is 1. The van der Waals surface area contributed by atoms with E-state index in [-0.39, 0.29) is 0 Å². The molecule has 1 saturated heterocycles. The minimum absolute atomic E-state index is 0.359. The van der Waals surface area contributed by atoms with Crippen LogP contribution in [0.25, 0.3) is 0 Å². The second-order valence-electron chi connectivity index (χ2n) is 4.60. The number of ether oxygens (including phenoxy) is 1. The number of rotatable bonds is 4. The maximum absolute atomic E-state index is 5.33. The van der Waals surface area contributed by atoms with Crippen LogP contribution >= 0.6 is 0 Å². The van der Waals surface area contributed by atoms with Crippen molar-refractivity contribution in [1.29, 1.82) is 0 Å². The smallest absolute Gasteiger partial charge is 0.149 e. The molecule has 0 radical (unpaired) electrons. The lowest BCUT2D eigenvalue weighted by Gasteiger charge is -2.29. The highest BCUT2D eigenvalue weighted by Crippen LogP contribution is 2.28. The predicted octanol–water partition coefficient (Wildman–Crippen LogP) is 1.30. The Kier molecular flexibility index (Phi) is 4.33. The first-order valence-corrected chi connectivity index (χ1v) is 6.34. The van der Waals surface area contributed by atoms with Crippen molar-refractivity contribution in [1.82, 2.24) is 15.0 Å². The molecule has 0 atom stereocenters. The summed E-state index contributed by atoms with van der Waals surface area (Å²) in [6.45, 7) is 7.54. The van der Waals surface area contributed by atoms with Gasteiger partial charge in [0, 0.05) is 25.7 Å². The number of anilines is 2. The second kappa shape index (κ2) is 5.97. The van der Waals surface area contributed by atoms with E-state index in [2.05, 4.69) is 39.6 Å². The fourth-order valence-corrected chi connectivity index (χ4v) is 2.06. The molecule has 2 heterocycles. The monoisotopic (exact) mass is 251 g/mol. The van der Waals surface area contributed by atoms with Crippen molar-refractivity contribution in [2.24, 2.45) is 0 Å². The Bertz CT molecular complexity index is 390. The molecule has 0 bridgehead atoms. The van der Waals surface area contributed by atoms with Crippen molar-refractivity contribution in [2.75, 3.05) is 44.1 Å². The van der Waals surface area contributed by atoms with Crippen molar-refractivity contribution in [3.63, 3.8) is 0 Å². The summed E-state index contributed by atoms with van der Waals surface area (Å²) in [5.41, 5.74) is 4.48. The molecular weight excluding hydrogens is 230 g/mol. The zero-order chi connectivity index (χ0) is 13.0. The molecule has 2 N–H and O–H groups in total. The number of nitrogens with zero attached hydrogens (tertiary/aromatic N) is 3. The van der Waals surface area contributed by atoms with E-state index in [4.69, 9.17) is 4.74 Å². The Morgan fingerprint density at radius 1 is 1.22 bits per heavy atom. The van der Waals surface area contributed by atoms with Gasteiger partial charge in [0.25, 0.3) is 0 Å². The van der Waals surface area contributed by atoms with Crippen LogP contribution < -0.4 is 10.7 Å². The summed E-state index contributed by atoms with van der Waals surface area (Å²) in [6.07, 6.45) is 1.58. The van der Waals surface area contributed by atoms with Crippen LogP contribution in [0.3, 0.4) is 0 Å². The van der Waals surface area contributed by atoms with Crippen LogP contribution in [0.1, 0.15) is 25.3 Å². The third-order valence-corrected chi connectivity index (χ3v) is 2.97. The van der Waals surface area contributed by atoms with Crippen LogP contribution in [-0.2, 0) is 4.74 Å². The van der Waals surface area contributed by atoms with Gasteiger partial charge in [-0.15, -0.1) is 0 Å². The van der Waals surface area contributed by atoms with Gasteiger partial charge in [0.1, 0.15) is 18.0 Å². The molecule has 0 unspecified atom stereocenters. The van der Waals surface area contributed by atoms with E-state index in [1.165, 1.54) is 0 Å². The number of nitrogens with one attached hydrogen (secondary N) is 2. The van der Waals surface area contributed by atoms with Gasteiger partial charge in [-0.25, -0.2) is 15.0 Å². The van der Waals surface area contributed by atoms with Gasteiger partial charge < -0.3 is 15.5 Å². The Labute approximate surface area is 108 Å². The fraction of sp³-hybridized carbons (Fsp3) is 0.667. The quantitative estimate of drug-likeness (QED) is 0.841. The van der Waals surface area contributed by atoms with E-state index in [0.717, 1.165) is 43.5 Å². The minimum Gasteiger partial charge on any atom is -0.379 e. The van der Waals surface area contributed by atoms with E-state index in [1.807, 2.05) is 7.05 Å². The van der Waals surface area contributed by atoms with Crippen LogP contribution in [0.5, 0.6) is 0 Å². The third-order valence-electron chi connectivity index (χ3n) is 2.97. The zero-order valence-electron chi connectivity index (χ0n) is 11.2. The highest BCUT2D eigenvalue weighted by molar-refractivity contribution is 5.58. The van der Waals surface area contributed by atoms with E-state index in [9.17, 15) is 0 Å². The van der Waals surface area contributed by atoms with Gasteiger partial charge in [0.2, 0.25) is 0 Å². The molecule has 1 fully saturated rings. The second-order valence-corrected chi connectivity index (χ2v) is 4.60. The number of hydrogen-bond acceptors (Lipinski definition) is 6. The molecule has 6 nitrogen and oxygen atoms in total. The Morgan fingerprint density at radius 2 is 1.89 bits per heavy atom. The van der Waals surface area contributed by atoms with Gasteiger partial charge in [0.05, 0.1) is 13.2 Å². The van der Waals surface area contributed by atoms with Crippen LogP contribution in [0.2, 0.25) is 0 Å². The van der Waals surface area contributed by atoms with E-state index < -0.39 is 0 Å². The maximum Gasteiger partial charge on any atom is 0.149 e. The number of hydrogen-bond donors (Lipinski definition) is 2. The zero-order valence-corrected chi connectivity index (χ0v) is 11.2. The molecule has 0 aliphatic carbocycles. The Hall–Kier alpha value is -1.40. The predicted molar refractivity (Wildman–Crippen MR) is 71.7 cm³/mol. The summed E-state index contributed by atoms with van der Waals surface area (Å²) in [6, 6.07) is 0. The lowest BCUT2D eigenvalue weighted by Crippen LogP contribution is -2.40. The summed E-state index contributed by atoms with van der Waals surface area (Å²) < 4.78 is 5.33. The SMILES string of the molecule is CNc1ncnc(NN2CCOCC2)c1C(C)C. The normalized spacial score (nSPS) is 16.9. The third kappa shape index (κ3) is 2.88. The van der Waals surface area contributed by atoms with Gasteiger partial charge in [0.15, 0.2) is 0 Å². The van der Waals surface area contributed by atoms with Crippen molar-refractivity contribution >= 4 is 11.6 Å². The van der Waals surface area contributed by atoms with Crippen molar-refractivity contribution < 1.29 is 4.74 Å². The number of aromatic nitrogens is 2. The first kappa shape index (κ1) is 13.0. The standard InChI is InChI=1S/C12H21N5O/c1-9(2)10-11(13-3)14-8-15-12(10)16-17-4-6-18-7-5-17/h8-9H,4-7H2,1-3H3,(H2,13,14,15,16). The van der Waals surface area contributed by atoms with E-state index in [1.54, 1.807) is 6.33 Å². The molecular formula is C12H21N5O. The van der Waals surface area contributed by atoms with Crippen LogP contribution in [0.15, 0.2) is 6.33 Å². The molecule has 1 aliphatic heterocycles. The Morgan fingerprint density at radius 3 is 2.50 bits per heavy atom. The summed E-state index contributed by atoms with van der Waals surface area (Å²) in [5.74, 6) is 2.12. The van der Waals surface area contributed by atoms with Gasteiger partial charge in [-0.3, -0.25) is 0 Å². The molecule has 1 aromatic heterocycles. The molecule has 2 rings (SSSR count). The highest BCUT2D eigenvalue weighted by atomic mass is 16.5. The average Bonchev–Trinajstić information content (AvgIpc) is 2.39. The van der Waals surface area contributed by atoms with E-state index in [0.29, 0.717) is 5.92 Å². The molecule has 0 aromatic carbocycles. The molecule has 0 amide bonds. The molecule has 6 heteroatoms. The van der Waals surface area contributed by atoms with Crippen LogP contribution in [0, 0.1) is 0 Å². The lowest BCUT2D eigenvalue weighted by atomic mass is 10.0. The fourth-order valence-electron chi connectivity index (χ4n) is 2.06. The van der Waals surface area contributed by atoms with Crippen LogP contribution in [0.4, 0.5) is 11.6 Å². The summed E-state index contributed by atoms with van der Waals surface area (Å²) in [4.78, 5) is 8.62. The number of hydrazine groups is 1. The first-order chi connectivity index (χ1) is 8.72. The molecule has 0 spiro atoms. The molecule has 1 aromatic rings. The van der Waals surface area contributed by atoms with Crippen LogP contribution in [-0.4, -0.2) is 48.3 Å². The van der Waals surface area contributed by atoms with Crippen molar-refractivity contribution in [3.05, 3.63) is 11.9 Å². The van der Waals surface area contributed by atoms with Gasteiger partial charge >= 0.3 is 0 Å². The van der Waals surface area contributed by atoms with Gasteiger partial charge in [-0.1, -0.05) is 13.8 Å². The average molecular weight is 251 g/mol. The molecule has 0 saturated carbocycles. The maximum atomic E-state index is 5.33. The van der Waals surface area contributed by atoms with Crippen molar-refractivity contribution in [3.8, 4) is 0 Å². The lowest BCUT2D eigenvalue weighted by molar-refractivity contribution is 0.0494. The van der Waals surface area contributed by atoms with E-state index >= 15 is 0 Å². The Balaban J connectivity index is 2.20. The van der Waals surface area contributed by atoms with Crippen molar-refractivity contribution in [2.45, 2.75) is 19.8 Å². The van der Waals surface area contributed by atoms with Gasteiger partial charge in [-0.2, -0.15) is 0 Å². The minimum atomic E-state index is 0.359. The summed E-state index contributed by atoms with van der Waals surface area (Å²) >= 11 is 0. The first-order valence-electron chi connectivity index (χ1n) is 6.34. The van der Waals surface area contributed by atoms with Gasteiger partial charge in [-0.05, 0) is 5.92 Å². The summed E-state index contributed by atoms with van der Waals surface area (Å²) in [7, 11) is 1.88.